The Morgan fingerprint density at radius 1 is 1.44 bits per heavy atom. The van der Waals surface area contributed by atoms with Crippen LogP contribution < -0.4 is 4.74 Å². The van der Waals surface area contributed by atoms with Crippen LogP contribution in [0.5, 0.6) is 5.75 Å². The molecule has 80 valence electrons. The highest BCUT2D eigenvalue weighted by Crippen LogP contribution is 2.33. The van der Waals surface area contributed by atoms with Crippen LogP contribution in [0.2, 0.25) is 0 Å². The Bertz CT molecular complexity index is 554. The molecule has 0 aliphatic rings. The lowest BCUT2D eigenvalue weighted by Crippen LogP contribution is -1.88. The fourth-order valence-electron chi connectivity index (χ4n) is 1.44. The number of nitrogens with zero attached hydrogens (tertiary/aromatic N) is 2. The molecule has 3 nitrogen and oxygen atoms in total. The van der Waals surface area contributed by atoms with Gasteiger partial charge in [-0.05, 0) is 19.1 Å². The van der Waals surface area contributed by atoms with Gasteiger partial charge in [-0.1, -0.05) is 11.6 Å². The van der Waals surface area contributed by atoms with Crippen molar-refractivity contribution in [2.45, 2.75) is 6.92 Å². The molecule has 0 atom stereocenters. The summed E-state index contributed by atoms with van der Waals surface area (Å²) in [6.45, 7) is 2.02. The van der Waals surface area contributed by atoms with E-state index in [1.165, 1.54) is 11.3 Å². The van der Waals surface area contributed by atoms with Gasteiger partial charge in [-0.25, -0.2) is 4.98 Å². The molecule has 0 aliphatic carbocycles. The van der Waals surface area contributed by atoms with Crippen molar-refractivity contribution in [3.8, 4) is 22.4 Å². The molecular weight excluding hydrogens is 220 g/mol. The van der Waals surface area contributed by atoms with Crippen molar-refractivity contribution in [3.63, 3.8) is 0 Å². The first-order valence-corrected chi connectivity index (χ1v) is 5.57. The van der Waals surface area contributed by atoms with Crippen molar-refractivity contribution < 1.29 is 4.74 Å². The molecule has 0 spiro atoms. The molecule has 0 unspecified atom stereocenters. The largest absolute Gasteiger partial charge is 0.496 e. The van der Waals surface area contributed by atoms with Crippen LogP contribution in [0, 0.1) is 18.3 Å². The standard InChI is InChI=1S/C12H10N2OS/c1-8-3-4-11(15-2)10(5-8)12-14-7-9(6-13)16-12/h3-5,7H,1-2H3. The number of rotatable bonds is 2. The average Bonchev–Trinajstić information content (AvgIpc) is 2.77. The highest BCUT2D eigenvalue weighted by atomic mass is 32.1. The van der Waals surface area contributed by atoms with Crippen molar-refractivity contribution >= 4 is 11.3 Å². The maximum atomic E-state index is 8.77. The quantitative estimate of drug-likeness (QED) is 0.796. The van der Waals surface area contributed by atoms with E-state index in [1.54, 1.807) is 13.3 Å². The number of aryl methyl sites for hydroxylation is 1. The number of hydrogen-bond acceptors (Lipinski definition) is 4. The van der Waals surface area contributed by atoms with E-state index in [-0.39, 0.29) is 0 Å². The molecule has 0 fully saturated rings. The zero-order valence-electron chi connectivity index (χ0n) is 9.02. The first-order chi connectivity index (χ1) is 7.74. The van der Waals surface area contributed by atoms with Gasteiger partial charge in [0.25, 0.3) is 0 Å². The number of nitriles is 1. The summed E-state index contributed by atoms with van der Waals surface area (Å²) < 4.78 is 5.28. The molecule has 1 heterocycles. The van der Waals surface area contributed by atoms with Crippen LogP contribution in [0.1, 0.15) is 10.4 Å². The van der Waals surface area contributed by atoms with E-state index in [0.717, 1.165) is 21.9 Å². The summed E-state index contributed by atoms with van der Waals surface area (Å²) in [6.07, 6.45) is 1.59. The third-order valence-electron chi connectivity index (χ3n) is 2.20. The van der Waals surface area contributed by atoms with Crippen molar-refractivity contribution in [1.82, 2.24) is 4.98 Å². The van der Waals surface area contributed by atoms with Crippen molar-refractivity contribution in [2.75, 3.05) is 7.11 Å². The number of methoxy groups -OCH3 is 1. The van der Waals surface area contributed by atoms with Crippen molar-refractivity contribution in [2.24, 2.45) is 0 Å². The lowest BCUT2D eigenvalue weighted by atomic mass is 10.1. The number of ether oxygens (including phenoxy) is 1. The minimum Gasteiger partial charge on any atom is -0.496 e. The lowest BCUT2D eigenvalue weighted by molar-refractivity contribution is 0.416. The van der Waals surface area contributed by atoms with Gasteiger partial charge < -0.3 is 4.74 Å². The molecule has 2 aromatic rings. The first kappa shape index (κ1) is 10.7. The van der Waals surface area contributed by atoms with E-state index < -0.39 is 0 Å². The summed E-state index contributed by atoms with van der Waals surface area (Å²) in [5.74, 6) is 0.782. The van der Waals surface area contributed by atoms with Gasteiger partial charge in [0.1, 0.15) is 21.7 Å². The fraction of sp³-hybridized carbons (Fsp3) is 0.167. The Kier molecular flexibility index (Phi) is 2.88. The lowest BCUT2D eigenvalue weighted by Gasteiger charge is -2.06. The summed E-state index contributed by atoms with van der Waals surface area (Å²) in [7, 11) is 1.63. The molecular formula is C12H10N2OS. The van der Waals surface area contributed by atoms with Gasteiger partial charge in [0.2, 0.25) is 0 Å². The monoisotopic (exact) mass is 230 g/mol. The van der Waals surface area contributed by atoms with Gasteiger partial charge in [0, 0.05) is 0 Å². The number of thiazole rings is 1. The molecule has 0 aliphatic heterocycles. The molecule has 0 N–H and O–H groups in total. The van der Waals surface area contributed by atoms with E-state index in [4.69, 9.17) is 10.00 Å². The third kappa shape index (κ3) is 1.90. The number of aromatic nitrogens is 1. The van der Waals surface area contributed by atoms with Crippen LogP contribution in [0.3, 0.4) is 0 Å². The first-order valence-electron chi connectivity index (χ1n) is 4.75. The van der Waals surface area contributed by atoms with Crippen LogP contribution in [-0.2, 0) is 0 Å². The van der Waals surface area contributed by atoms with E-state index in [1.807, 2.05) is 25.1 Å². The molecule has 0 bridgehead atoms. The maximum absolute atomic E-state index is 8.77. The van der Waals surface area contributed by atoms with E-state index in [2.05, 4.69) is 11.1 Å². The van der Waals surface area contributed by atoms with Crippen LogP contribution in [0.25, 0.3) is 10.6 Å². The van der Waals surface area contributed by atoms with Crippen molar-refractivity contribution in [1.29, 1.82) is 5.26 Å². The maximum Gasteiger partial charge on any atom is 0.129 e. The van der Waals surface area contributed by atoms with Crippen molar-refractivity contribution in [3.05, 3.63) is 34.8 Å². The molecule has 0 saturated carbocycles. The van der Waals surface area contributed by atoms with Gasteiger partial charge in [-0.15, -0.1) is 11.3 Å². The Morgan fingerprint density at radius 3 is 2.88 bits per heavy atom. The third-order valence-corrected chi connectivity index (χ3v) is 3.14. The van der Waals surface area contributed by atoms with Crippen LogP contribution in [-0.4, -0.2) is 12.1 Å². The van der Waals surface area contributed by atoms with Gasteiger partial charge in [0.15, 0.2) is 0 Å². The summed E-state index contributed by atoms with van der Waals surface area (Å²) in [5.41, 5.74) is 2.08. The van der Waals surface area contributed by atoms with E-state index in [9.17, 15) is 0 Å². The summed E-state index contributed by atoms with van der Waals surface area (Å²) in [5, 5.41) is 9.58. The van der Waals surface area contributed by atoms with Gasteiger partial charge in [-0.2, -0.15) is 5.26 Å². The second-order valence-corrected chi connectivity index (χ2v) is 4.38. The smallest absolute Gasteiger partial charge is 0.129 e. The Morgan fingerprint density at radius 2 is 2.25 bits per heavy atom. The highest BCUT2D eigenvalue weighted by Gasteiger charge is 2.10. The van der Waals surface area contributed by atoms with Crippen LogP contribution in [0.4, 0.5) is 0 Å². The predicted molar refractivity (Wildman–Crippen MR) is 63.6 cm³/mol. The predicted octanol–water partition coefficient (Wildman–Crippen LogP) is 3.00. The second-order valence-electron chi connectivity index (χ2n) is 3.35. The highest BCUT2D eigenvalue weighted by molar-refractivity contribution is 7.15. The SMILES string of the molecule is COc1ccc(C)cc1-c1ncc(C#N)s1. The average molecular weight is 230 g/mol. The minimum absolute atomic E-state index is 0.610. The Hall–Kier alpha value is -1.86. The van der Waals surface area contributed by atoms with E-state index in [0.29, 0.717) is 4.88 Å². The molecule has 0 amide bonds. The van der Waals surface area contributed by atoms with E-state index >= 15 is 0 Å². The van der Waals surface area contributed by atoms with Gasteiger partial charge in [0.05, 0.1) is 18.9 Å². The molecule has 1 aromatic heterocycles. The normalized spacial score (nSPS) is 9.81. The molecule has 16 heavy (non-hydrogen) atoms. The van der Waals surface area contributed by atoms with Gasteiger partial charge in [-0.3, -0.25) is 0 Å². The summed E-state index contributed by atoms with van der Waals surface area (Å²) in [6, 6.07) is 8.00. The topological polar surface area (TPSA) is 45.9 Å². The van der Waals surface area contributed by atoms with Crippen LogP contribution >= 0.6 is 11.3 Å². The zero-order valence-corrected chi connectivity index (χ0v) is 9.84. The fourth-order valence-corrected chi connectivity index (χ4v) is 2.17. The van der Waals surface area contributed by atoms with Gasteiger partial charge >= 0.3 is 0 Å². The zero-order chi connectivity index (χ0) is 11.5. The van der Waals surface area contributed by atoms with Crippen LogP contribution in [0.15, 0.2) is 24.4 Å². The Balaban J connectivity index is 2.54. The molecule has 0 radical (unpaired) electrons. The minimum atomic E-state index is 0.610. The molecule has 0 saturated heterocycles. The Labute approximate surface area is 97.9 Å². The second kappa shape index (κ2) is 4.33. The molecule has 4 heteroatoms. The number of benzene rings is 1. The molecule has 2 rings (SSSR count). The molecule has 1 aromatic carbocycles. The summed E-state index contributed by atoms with van der Waals surface area (Å²) in [4.78, 5) is 4.83. The summed E-state index contributed by atoms with van der Waals surface area (Å²) >= 11 is 1.37. The number of hydrogen-bond donors (Lipinski definition) is 0.